The topological polar surface area (TPSA) is 111 Å². The van der Waals surface area contributed by atoms with Crippen molar-refractivity contribution >= 4 is 29.2 Å². The third-order valence-corrected chi connectivity index (χ3v) is 6.78. The molecule has 3 N–H and O–H groups in total. The zero-order valence-corrected chi connectivity index (χ0v) is 21.2. The summed E-state index contributed by atoms with van der Waals surface area (Å²) in [6, 6.07) is 9.61. The van der Waals surface area contributed by atoms with Gasteiger partial charge < -0.3 is 30.3 Å². The SMILES string of the molecule is C[C@H](CO)N1C[C@H](C)[C@H](CN(C)C(=O)Nc2ccc(F)cc2)Oc2ccc(NC(=O)C3CC3)cc2C1=O. The first-order chi connectivity index (χ1) is 17.7. The molecular weight excluding hydrogens is 479 g/mol. The fraction of sp³-hybridized carbons (Fsp3) is 0.444. The number of hydrogen-bond acceptors (Lipinski definition) is 5. The second-order valence-corrected chi connectivity index (χ2v) is 9.91. The molecule has 3 atom stereocenters. The van der Waals surface area contributed by atoms with Crippen molar-refractivity contribution in [3.8, 4) is 5.75 Å². The van der Waals surface area contributed by atoms with Crippen LogP contribution in [0.2, 0.25) is 0 Å². The lowest BCUT2D eigenvalue weighted by molar-refractivity contribution is -0.117. The summed E-state index contributed by atoms with van der Waals surface area (Å²) in [5.41, 5.74) is 1.25. The molecular formula is C27H33FN4O5. The second kappa shape index (κ2) is 11.2. The van der Waals surface area contributed by atoms with Crippen LogP contribution in [0.25, 0.3) is 0 Å². The van der Waals surface area contributed by atoms with Crippen molar-refractivity contribution in [3.05, 3.63) is 53.8 Å². The van der Waals surface area contributed by atoms with Crippen LogP contribution in [0.3, 0.4) is 0 Å². The third-order valence-electron chi connectivity index (χ3n) is 6.78. The molecule has 37 heavy (non-hydrogen) atoms. The minimum Gasteiger partial charge on any atom is -0.487 e. The van der Waals surface area contributed by atoms with E-state index in [2.05, 4.69) is 10.6 Å². The predicted octanol–water partition coefficient (Wildman–Crippen LogP) is 3.56. The number of amides is 4. The number of carbonyl (C=O) groups excluding carboxylic acids is 3. The van der Waals surface area contributed by atoms with Gasteiger partial charge in [0.2, 0.25) is 5.91 Å². The Hall–Kier alpha value is -3.66. The van der Waals surface area contributed by atoms with Gasteiger partial charge in [-0.25, -0.2) is 9.18 Å². The summed E-state index contributed by atoms with van der Waals surface area (Å²) in [6.45, 7) is 4.00. The average molecular weight is 513 g/mol. The van der Waals surface area contributed by atoms with Crippen molar-refractivity contribution in [2.75, 3.05) is 37.4 Å². The smallest absolute Gasteiger partial charge is 0.321 e. The third kappa shape index (κ3) is 6.37. The first-order valence-electron chi connectivity index (χ1n) is 12.5. The minimum atomic E-state index is -0.476. The normalized spacial score (nSPS) is 20.1. The van der Waals surface area contributed by atoms with Gasteiger partial charge in [-0.05, 0) is 62.2 Å². The maximum atomic E-state index is 13.5. The van der Waals surface area contributed by atoms with E-state index in [1.54, 1.807) is 37.1 Å². The highest BCUT2D eigenvalue weighted by Gasteiger charge is 2.35. The second-order valence-electron chi connectivity index (χ2n) is 9.91. The lowest BCUT2D eigenvalue weighted by Gasteiger charge is -2.38. The van der Waals surface area contributed by atoms with Crippen LogP contribution in [0.5, 0.6) is 5.75 Å². The lowest BCUT2D eigenvalue weighted by atomic mass is 9.99. The number of rotatable bonds is 7. The van der Waals surface area contributed by atoms with Gasteiger partial charge >= 0.3 is 6.03 Å². The quantitative estimate of drug-likeness (QED) is 0.525. The molecule has 1 fully saturated rings. The van der Waals surface area contributed by atoms with E-state index in [4.69, 9.17) is 4.74 Å². The van der Waals surface area contributed by atoms with E-state index < -0.39 is 18.0 Å². The van der Waals surface area contributed by atoms with Gasteiger partial charge in [0, 0.05) is 36.8 Å². The maximum Gasteiger partial charge on any atom is 0.321 e. The Kier molecular flexibility index (Phi) is 7.97. The lowest BCUT2D eigenvalue weighted by Crippen LogP contribution is -2.50. The van der Waals surface area contributed by atoms with Crippen molar-refractivity contribution in [1.29, 1.82) is 0 Å². The van der Waals surface area contributed by atoms with E-state index in [0.717, 1.165) is 12.8 Å². The van der Waals surface area contributed by atoms with E-state index >= 15 is 0 Å². The Morgan fingerprint density at radius 2 is 1.84 bits per heavy atom. The number of hydrogen-bond donors (Lipinski definition) is 3. The number of nitrogens with zero attached hydrogens (tertiary/aromatic N) is 2. The highest BCUT2D eigenvalue weighted by molar-refractivity contribution is 6.00. The number of urea groups is 1. The van der Waals surface area contributed by atoms with Crippen LogP contribution < -0.4 is 15.4 Å². The summed E-state index contributed by atoms with van der Waals surface area (Å²) in [7, 11) is 1.63. The van der Waals surface area contributed by atoms with Gasteiger partial charge in [0.15, 0.2) is 0 Å². The van der Waals surface area contributed by atoms with Crippen LogP contribution in [0, 0.1) is 17.7 Å². The zero-order valence-electron chi connectivity index (χ0n) is 21.2. The molecule has 0 bridgehead atoms. The van der Waals surface area contributed by atoms with Gasteiger partial charge in [-0.2, -0.15) is 0 Å². The molecule has 1 heterocycles. The van der Waals surface area contributed by atoms with Crippen LogP contribution in [0.4, 0.5) is 20.6 Å². The fourth-order valence-corrected chi connectivity index (χ4v) is 4.21. The van der Waals surface area contributed by atoms with E-state index in [9.17, 15) is 23.9 Å². The monoisotopic (exact) mass is 512 g/mol. The Labute approximate surface area is 215 Å². The number of aliphatic hydroxyl groups is 1. The van der Waals surface area contributed by atoms with Crippen LogP contribution in [-0.4, -0.2) is 71.6 Å². The molecule has 0 radical (unpaired) electrons. The Balaban J connectivity index is 1.56. The zero-order chi connectivity index (χ0) is 26.7. The molecule has 0 saturated heterocycles. The summed E-state index contributed by atoms with van der Waals surface area (Å²) in [4.78, 5) is 41.6. The molecule has 10 heteroatoms. The number of ether oxygens (including phenoxy) is 1. The molecule has 1 aliphatic heterocycles. The maximum absolute atomic E-state index is 13.5. The van der Waals surface area contributed by atoms with Gasteiger partial charge in [0.05, 0.1) is 24.8 Å². The molecule has 1 aliphatic carbocycles. The highest BCUT2D eigenvalue weighted by Crippen LogP contribution is 2.33. The summed E-state index contributed by atoms with van der Waals surface area (Å²) in [6.07, 6.45) is 1.25. The molecule has 0 spiro atoms. The fourth-order valence-electron chi connectivity index (χ4n) is 4.21. The summed E-state index contributed by atoms with van der Waals surface area (Å²) >= 11 is 0. The van der Waals surface area contributed by atoms with Crippen LogP contribution in [0.1, 0.15) is 37.0 Å². The van der Waals surface area contributed by atoms with Gasteiger partial charge in [-0.1, -0.05) is 6.92 Å². The van der Waals surface area contributed by atoms with E-state index in [1.807, 2.05) is 6.92 Å². The first kappa shape index (κ1) is 26.4. The Bertz CT molecular complexity index is 1150. The van der Waals surface area contributed by atoms with Crippen molar-refractivity contribution < 1.29 is 28.6 Å². The number of nitrogens with one attached hydrogen (secondary N) is 2. The van der Waals surface area contributed by atoms with E-state index in [-0.39, 0.29) is 48.4 Å². The number of benzene rings is 2. The van der Waals surface area contributed by atoms with Crippen LogP contribution >= 0.6 is 0 Å². The molecule has 0 aromatic heterocycles. The van der Waals surface area contributed by atoms with Crippen molar-refractivity contribution in [2.24, 2.45) is 11.8 Å². The van der Waals surface area contributed by atoms with Crippen molar-refractivity contribution in [2.45, 2.75) is 38.8 Å². The number of fused-ring (bicyclic) bond motifs is 1. The van der Waals surface area contributed by atoms with Gasteiger partial charge in [0.1, 0.15) is 17.7 Å². The van der Waals surface area contributed by atoms with Crippen LogP contribution in [0.15, 0.2) is 42.5 Å². The molecule has 1 saturated carbocycles. The minimum absolute atomic E-state index is 0.0155. The van der Waals surface area contributed by atoms with Gasteiger partial charge in [-0.15, -0.1) is 0 Å². The number of aliphatic hydroxyl groups excluding tert-OH is 1. The number of anilines is 2. The van der Waals surface area contributed by atoms with Crippen molar-refractivity contribution in [1.82, 2.24) is 9.80 Å². The largest absolute Gasteiger partial charge is 0.487 e. The molecule has 0 unspecified atom stereocenters. The molecule has 9 nitrogen and oxygen atoms in total. The number of carbonyl (C=O) groups is 3. The summed E-state index contributed by atoms with van der Waals surface area (Å²) in [5.74, 6) is -0.586. The standard InChI is InChI=1S/C27H33FN4O5/c1-16-13-32(17(2)15-33)26(35)22-12-21(29-25(34)18-4-5-18)10-11-23(22)37-24(16)14-31(3)27(36)30-20-8-6-19(28)7-9-20/h6-12,16-18,24,33H,4-5,13-15H2,1-3H3,(H,29,34)(H,30,36)/t16-,17+,24-/m0/s1. The summed E-state index contributed by atoms with van der Waals surface area (Å²) in [5, 5.41) is 15.4. The predicted molar refractivity (Wildman–Crippen MR) is 137 cm³/mol. The first-order valence-corrected chi connectivity index (χ1v) is 12.5. The Morgan fingerprint density at radius 1 is 1.16 bits per heavy atom. The average Bonchev–Trinajstić information content (AvgIpc) is 3.73. The van der Waals surface area contributed by atoms with Gasteiger partial charge in [0.25, 0.3) is 5.91 Å². The summed E-state index contributed by atoms with van der Waals surface area (Å²) < 4.78 is 19.5. The molecule has 4 rings (SSSR count). The van der Waals surface area contributed by atoms with Gasteiger partial charge in [-0.3, -0.25) is 9.59 Å². The Morgan fingerprint density at radius 3 is 2.49 bits per heavy atom. The van der Waals surface area contributed by atoms with Crippen molar-refractivity contribution in [3.63, 3.8) is 0 Å². The molecule has 2 aromatic carbocycles. The highest BCUT2D eigenvalue weighted by atomic mass is 19.1. The molecule has 2 aliphatic rings. The molecule has 2 aromatic rings. The van der Waals surface area contributed by atoms with Crippen LogP contribution in [-0.2, 0) is 4.79 Å². The molecule has 4 amide bonds. The van der Waals surface area contributed by atoms with E-state index in [0.29, 0.717) is 23.7 Å². The molecule has 198 valence electrons. The number of halogens is 1. The number of likely N-dealkylation sites (N-methyl/N-ethyl adjacent to an activating group) is 1. The van der Waals surface area contributed by atoms with E-state index in [1.165, 1.54) is 29.2 Å².